The molecule has 0 spiro atoms. The quantitative estimate of drug-likeness (QED) is 0.498. The molecule has 0 radical (unpaired) electrons. The standard InChI is InChI=1S/C28H32F2N6O3/c1-18-17-36(6-5-34(18)2)25-13-23(30)21(19-3-4-26(31-15-19)35-7-9-39-10-8-35)12-24(25)33-28(38)22-16-32-27(37)11-20(22)14-29/h3-4,11-13,15-16,18H,5-10,14,17H2,1-2H3,(H,32,37)(H,33,38)/t18-/m0/s1. The molecule has 2 aromatic heterocycles. The summed E-state index contributed by atoms with van der Waals surface area (Å²) >= 11 is 0. The maximum atomic E-state index is 15.6. The molecule has 0 bridgehead atoms. The minimum Gasteiger partial charge on any atom is -0.378 e. The second-order valence-corrected chi connectivity index (χ2v) is 9.95. The van der Waals surface area contributed by atoms with Crippen LogP contribution in [0.1, 0.15) is 22.8 Å². The third-order valence-electron chi connectivity index (χ3n) is 7.43. The Morgan fingerprint density at radius 1 is 1.15 bits per heavy atom. The number of aromatic nitrogens is 2. The largest absolute Gasteiger partial charge is 0.378 e. The lowest BCUT2D eigenvalue weighted by Gasteiger charge is -2.39. The summed E-state index contributed by atoms with van der Waals surface area (Å²) in [6.07, 6.45) is 2.82. The van der Waals surface area contributed by atoms with Crippen molar-refractivity contribution in [2.24, 2.45) is 0 Å². The number of H-pyrrole nitrogens is 1. The Balaban J connectivity index is 1.51. The lowest BCUT2D eigenvalue weighted by Crippen LogP contribution is -2.50. The third kappa shape index (κ3) is 5.79. The number of ether oxygens (including phenoxy) is 1. The molecule has 5 rings (SSSR count). The van der Waals surface area contributed by atoms with Crippen molar-refractivity contribution < 1.29 is 18.3 Å². The fourth-order valence-electron chi connectivity index (χ4n) is 4.96. The molecule has 2 aliphatic heterocycles. The van der Waals surface area contributed by atoms with Crippen LogP contribution in [0, 0.1) is 5.82 Å². The number of morpholine rings is 1. The van der Waals surface area contributed by atoms with Crippen molar-refractivity contribution in [3.05, 3.63) is 70.0 Å². The Labute approximate surface area is 225 Å². The van der Waals surface area contributed by atoms with Crippen molar-refractivity contribution in [2.45, 2.75) is 19.6 Å². The molecular formula is C28H32F2N6O3. The molecule has 1 aromatic carbocycles. The first-order chi connectivity index (χ1) is 18.8. The second-order valence-electron chi connectivity index (χ2n) is 9.95. The number of halogens is 2. The van der Waals surface area contributed by atoms with E-state index in [1.54, 1.807) is 12.3 Å². The van der Waals surface area contributed by atoms with E-state index in [9.17, 15) is 14.0 Å². The van der Waals surface area contributed by atoms with Crippen molar-refractivity contribution in [1.29, 1.82) is 0 Å². The van der Waals surface area contributed by atoms with E-state index in [2.05, 4.69) is 32.0 Å². The summed E-state index contributed by atoms with van der Waals surface area (Å²) in [6, 6.07) is 7.97. The van der Waals surface area contributed by atoms with E-state index in [-0.39, 0.29) is 22.7 Å². The Morgan fingerprint density at radius 2 is 1.95 bits per heavy atom. The van der Waals surface area contributed by atoms with Gasteiger partial charge in [0, 0.05) is 73.9 Å². The number of anilines is 3. The van der Waals surface area contributed by atoms with Gasteiger partial charge in [0.15, 0.2) is 0 Å². The van der Waals surface area contributed by atoms with Gasteiger partial charge < -0.3 is 29.7 Å². The number of carbonyl (C=O) groups excluding carboxylic acids is 1. The van der Waals surface area contributed by atoms with Crippen LogP contribution in [-0.4, -0.2) is 79.8 Å². The van der Waals surface area contributed by atoms with Crippen molar-refractivity contribution in [3.8, 4) is 11.1 Å². The number of hydrogen-bond donors (Lipinski definition) is 2. The maximum absolute atomic E-state index is 15.6. The topological polar surface area (TPSA) is 93.8 Å². The molecule has 0 aliphatic carbocycles. The summed E-state index contributed by atoms with van der Waals surface area (Å²) < 4.78 is 34.6. The average Bonchev–Trinajstić information content (AvgIpc) is 2.95. The summed E-state index contributed by atoms with van der Waals surface area (Å²) in [5.41, 5.74) is 1.27. The summed E-state index contributed by atoms with van der Waals surface area (Å²) in [6.45, 7) is 5.92. The van der Waals surface area contributed by atoms with Crippen LogP contribution in [0.15, 0.2) is 47.5 Å². The molecule has 3 aromatic rings. The lowest BCUT2D eigenvalue weighted by atomic mass is 10.0. The monoisotopic (exact) mass is 538 g/mol. The summed E-state index contributed by atoms with van der Waals surface area (Å²) in [5, 5.41) is 2.85. The molecule has 2 saturated heterocycles. The smallest absolute Gasteiger partial charge is 0.257 e. The summed E-state index contributed by atoms with van der Waals surface area (Å²) in [7, 11) is 2.04. The van der Waals surface area contributed by atoms with Gasteiger partial charge >= 0.3 is 0 Å². The first-order valence-electron chi connectivity index (χ1n) is 13.0. The molecule has 206 valence electrons. The normalized spacial score (nSPS) is 18.3. The molecular weight excluding hydrogens is 506 g/mol. The lowest BCUT2D eigenvalue weighted by molar-refractivity contribution is 0.102. The zero-order valence-electron chi connectivity index (χ0n) is 22.0. The second kappa shape index (κ2) is 11.5. The number of nitrogens with zero attached hydrogens (tertiary/aromatic N) is 4. The van der Waals surface area contributed by atoms with Gasteiger partial charge in [-0.15, -0.1) is 0 Å². The molecule has 0 saturated carbocycles. The number of nitrogens with one attached hydrogen (secondary N) is 2. The van der Waals surface area contributed by atoms with Crippen molar-refractivity contribution in [2.75, 3.05) is 68.1 Å². The van der Waals surface area contributed by atoms with E-state index in [4.69, 9.17) is 4.74 Å². The van der Waals surface area contributed by atoms with E-state index >= 15 is 4.39 Å². The predicted octanol–water partition coefficient (Wildman–Crippen LogP) is 3.27. The Morgan fingerprint density at radius 3 is 2.64 bits per heavy atom. The van der Waals surface area contributed by atoms with Gasteiger partial charge in [0.1, 0.15) is 18.3 Å². The van der Waals surface area contributed by atoms with Crippen LogP contribution >= 0.6 is 0 Å². The molecule has 2 N–H and O–H groups in total. The van der Waals surface area contributed by atoms with Crippen LogP contribution in [0.4, 0.5) is 26.0 Å². The van der Waals surface area contributed by atoms with E-state index < -0.39 is 24.0 Å². The first-order valence-corrected chi connectivity index (χ1v) is 13.0. The van der Waals surface area contributed by atoms with Crippen molar-refractivity contribution in [1.82, 2.24) is 14.9 Å². The van der Waals surface area contributed by atoms with E-state index in [1.807, 2.05) is 24.1 Å². The van der Waals surface area contributed by atoms with Crippen molar-refractivity contribution >= 4 is 23.1 Å². The zero-order chi connectivity index (χ0) is 27.5. The van der Waals surface area contributed by atoms with Crippen molar-refractivity contribution in [3.63, 3.8) is 0 Å². The fourth-order valence-corrected chi connectivity index (χ4v) is 4.96. The number of hydrogen-bond acceptors (Lipinski definition) is 7. The van der Waals surface area contributed by atoms with Crippen LogP contribution in [0.5, 0.6) is 0 Å². The number of aromatic amines is 1. The molecule has 39 heavy (non-hydrogen) atoms. The van der Waals surface area contributed by atoms with E-state index in [0.29, 0.717) is 43.2 Å². The summed E-state index contributed by atoms with van der Waals surface area (Å²) in [4.78, 5) is 38.2. The van der Waals surface area contributed by atoms with Crippen LogP contribution in [0.2, 0.25) is 0 Å². The number of benzene rings is 1. The van der Waals surface area contributed by atoms with Gasteiger partial charge in [0.25, 0.3) is 5.91 Å². The zero-order valence-corrected chi connectivity index (χ0v) is 22.0. The SMILES string of the molecule is C[C@H]1CN(c2cc(F)c(-c3ccc(N4CCOCC4)nc3)cc2NC(=O)c2c[nH]c(=O)cc2CF)CCN1C. The van der Waals surface area contributed by atoms with Gasteiger partial charge in [-0.3, -0.25) is 9.59 Å². The number of amides is 1. The highest BCUT2D eigenvalue weighted by atomic mass is 19.1. The highest BCUT2D eigenvalue weighted by Crippen LogP contribution is 2.36. The molecule has 9 nitrogen and oxygen atoms in total. The molecule has 1 amide bonds. The molecule has 11 heteroatoms. The molecule has 2 aliphatic rings. The Bertz CT molecular complexity index is 1390. The predicted molar refractivity (Wildman–Crippen MR) is 147 cm³/mol. The van der Waals surface area contributed by atoms with Gasteiger partial charge in [-0.05, 0) is 38.2 Å². The fraction of sp³-hybridized carbons (Fsp3) is 0.393. The van der Waals surface area contributed by atoms with Crippen LogP contribution < -0.4 is 20.7 Å². The average molecular weight is 539 g/mol. The minimum absolute atomic E-state index is 0.0113. The molecule has 4 heterocycles. The van der Waals surface area contributed by atoms with Crippen LogP contribution in [-0.2, 0) is 11.4 Å². The highest BCUT2D eigenvalue weighted by Gasteiger charge is 2.25. The van der Waals surface area contributed by atoms with Crippen LogP contribution in [0.3, 0.4) is 0 Å². The molecule has 2 fully saturated rings. The number of likely N-dealkylation sites (N-methyl/N-ethyl adjacent to an activating group) is 1. The minimum atomic E-state index is -0.967. The summed E-state index contributed by atoms with van der Waals surface area (Å²) in [5.74, 6) is -0.250. The van der Waals surface area contributed by atoms with E-state index in [1.165, 1.54) is 12.3 Å². The highest BCUT2D eigenvalue weighted by molar-refractivity contribution is 6.07. The van der Waals surface area contributed by atoms with Crippen LogP contribution in [0.25, 0.3) is 11.1 Å². The number of carbonyl (C=O) groups is 1. The number of piperazine rings is 1. The van der Waals surface area contributed by atoms with Gasteiger partial charge in [-0.2, -0.15) is 0 Å². The van der Waals surface area contributed by atoms with Gasteiger partial charge in [0.2, 0.25) is 5.56 Å². The molecule has 1 atom stereocenters. The first kappa shape index (κ1) is 26.8. The van der Waals surface area contributed by atoms with E-state index in [0.717, 1.165) is 31.5 Å². The van der Waals surface area contributed by atoms with Gasteiger partial charge in [-0.1, -0.05) is 0 Å². The van der Waals surface area contributed by atoms with Gasteiger partial charge in [0.05, 0.1) is 30.2 Å². The number of rotatable bonds is 6. The maximum Gasteiger partial charge on any atom is 0.257 e. The number of alkyl halides is 1. The molecule has 0 unspecified atom stereocenters. The Kier molecular flexibility index (Phi) is 7.89. The van der Waals surface area contributed by atoms with Gasteiger partial charge in [-0.25, -0.2) is 13.8 Å². The third-order valence-corrected chi connectivity index (χ3v) is 7.43. The Hall–Kier alpha value is -3.83. The number of pyridine rings is 2.